The van der Waals surface area contributed by atoms with Gasteiger partial charge in [-0.05, 0) is 0 Å². The van der Waals surface area contributed by atoms with Crippen molar-refractivity contribution in [3.8, 4) is 0 Å². The zero-order chi connectivity index (χ0) is 8.32. The summed E-state index contributed by atoms with van der Waals surface area (Å²) in [5, 5.41) is 0. The molecule has 11 heavy (non-hydrogen) atoms. The molecular formula is C8H8F2N. The van der Waals surface area contributed by atoms with E-state index in [-0.39, 0.29) is 5.56 Å². The quantitative estimate of drug-likeness (QED) is 0.625. The maximum Gasteiger partial charge on any atom is 0.286 e. The Morgan fingerprint density at radius 1 is 1.18 bits per heavy atom. The van der Waals surface area contributed by atoms with Crippen molar-refractivity contribution in [3.05, 3.63) is 35.9 Å². The molecule has 59 valence electrons. The van der Waals surface area contributed by atoms with E-state index in [4.69, 9.17) is 5.73 Å². The maximum atomic E-state index is 12.7. The minimum Gasteiger partial charge on any atom is -0.251 e. The van der Waals surface area contributed by atoms with Gasteiger partial charge >= 0.3 is 0 Å². The third-order valence-corrected chi connectivity index (χ3v) is 1.42. The van der Waals surface area contributed by atoms with Gasteiger partial charge in [-0.3, -0.25) is 5.73 Å². The first-order valence-electron chi connectivity index (χ1n) is 3.25. The number of alkyl halides is 2. The maximum absolute atomic E-state index is 12.7. The van der Waals surface area contributed by atoms with Crippen LogP contribution in [0.2, 0.25) is 0 Å². The molecule has 0 bridgehead atoms. The van der Waals surface area contributed by atoms with E-state index in [1.807, 2.05) is 0 Å². The molecule has 1 radical (unpaired) electrons. The largest absolute Gasteiger partial charge is 0.286 e. The lowest BCUT2D eigenvalue weighted by atomic mass is 10.1. The van der Waals surface area contributed by atoms with Gasteiger partial charge in [0.15, 0.2) is 0 Å². The Labute approximate surface area is 63.8 Å². The molecule has 0 amide bonds. The van der Waals surface area contributed by atoms with E-state index < -0.39 is 12.5 Å². The summed E-state index contributed by atoms with van der Waals surface area (Å²) in [6.45, 7) is -0.892. The zero-order valence-electron chi connectivity index (χ0n) is 5.85. The van der Waals surface area contributed by atoms with E-state index in [1.165, 1.54) is 12.1 Å². The fourth-order valence-corrected chi connectivity index (χ4v) is 0.784. The van der Waals surface area contributed by atoms with Crippen molar-refractivity contribution in [2.45, 2.75) is 5.92 Å². The van der Waals surface area contributed by atoms with Crippen molar-refractivity contribution in [2.75, 3.05) is 6.54 Å². The lowest BCUT2D eigenvalue weighted by Crippen LogP contribution is -2.19. The molecule has 0 aromatic heterocycles. The fourth-order valence-electron chi connectivity index (χ4n) is 0.784. The minimum atomic E-state index is -3.00. The molecule has 3 heteroatoms. The zero-order valence-corrected chi connectivity index (χ0v) is 5.85. The molecule has 0 atom stereocenters. The van der Waals surface area contributed by atoms with Crippen LogP contribution in [0.1, 0.15) is 5.56 Å². The summed E-state index contributed by atoms with van der Waals surface area (Å²) >= 11 is 0. The Kier molecular flexibility index (Phi) is 2.19. The molecule has 1 nitrogen and oxygen atoms in total. The van der Waals surface area contributed by atoms with E-state index >= 15 is 0 Å². The van der Waals surface area contributed by atoms with Gasteiger partial charge in [-0.1, -0.05) is 30.3 Å². The summed E-state index contributed by atoms with van der Waals surface area (Å²) in [6, 6.07) is 7.41. The van der Waals surface area contributed by atoms with E-state index in [2.05, 4.69) is 0 Å². The molecule has 0 saturated heterocycles. The van der Waals surface area contributed by atoms with Crippen LogP contribution in [0.5, 0.6) is 0 Å². The van der Waals surface area contributed by atoms with Gasteiger partial charge < -0.3 is 0 Å². The molecule has 1 N–H and O–H groups in total. The summed E-state index contributed by atoms with van der Waals surface area (Å²) in [4.78, 5) is 0. The van der Waals surface area contributed by atoms with E-state index in [1.54, 1.807) is 18.2 Å². The van der Waals surface area contributed by atoms with Gasteiger partial charge in [0.05, 0.1) is 6.54 Å². The molecule has 0 aliphatic heterocycles. The number of halogens is 2. The van der Waals surface area contributed by atoms with Gasteiger partial charge in [0.2, 0.25) is 0 Å². The normalized spacial score (nSPS) is 11.5. The monoisotopic (exact) mass is 156 g/mol. The van der Waals surface area contributed by atoms with Gasteiger partial charge in [0.1, 0.15) is 0 Å². The average Bonchev–Trinajstić information content (AvgIpc) is 2.06. The van der Waals surface area contributed by atoms with Gasteiger partial charge in [-0.15, -0.1) is 0 Å². The second kappa shape index (κ2) is 2.96. The Morgan fingerprint density at radius 2 is 1.73 bits per heavy atom. The van der Waals surface area contributed by atoms with Crippen LogP contribution < -0.4 is 5.73 Å². The van der Waals surface area contributed by atoms with Crippen LogP contribution in [0.15, 0.2) is 30.3 Å². The van der Waals surface area contributed by atoms with Gasteiger partial charge in [0, 0.05) is 5.56 Å². The SMILES string of the molecule is [NH]CC(F)(F)c1ccccc1. The predicted octanol–water partition coefficient (Wildman–Crippen LogP) is 2.06. The third kappa shape index (κ3) is 1.74. The summed E-state index contributed by atoms with van der Waals surface area (Å²) in [6.07, 6.45) is 0. The Bertz CT molecular complexity index is 221. The Morgan fingerprint density at radius 3 is 2.18 bits per heavy atom. The second-order valence-electron chi connectivity index (χ2n) is 2.25. The second-order valence-corrected chi connectivity index (χ2v) is 2.25. The van der Waals surface area contributed by atoms with Crippen molar-refractivity contribution in [1.29, 1.82) is 0 Å². The van der Waals surface area contributed by atoms with Crippen LogP contribution in [-0.4, -0.2) is 6.54 Å². The summed E-state index contributed by atoms with van der Waals surface area (Å²) in [5.41, 5.74) is 6.50. The predicted molar refractivity (Wildman–Crippen MR) is 38.3 cm³/mol. The van der Waals surface area contributed by atoms with Crippen LogP contribution in [0, 0.1) is 0 Å². The Balaban J connectivity index is 2.93. The smallest absolute Gasteiger partial charge is 0.251 e. The Hall–Kier alpha value is -0.960. The van der Waals surface area contributed by atoms with Crippen LogP contribution in [0.4, 0.5) is 8.78 Å². The molecule has 0 fully saturated rings. The fraction of sp³-hybridized carbons (Fsp3) is 0.250. The lowest BCUT2D eigenvalue weighted by Gasteiger charge is -2.12. The molecule has 0 aliphatic carbocycles. The summed E-state index contributed by atoms with van der Waals surface area (Å²) < 4.78 is 25.4. The van der Waals surface area contributed by atoms with Gasteiger partial charge in [-0.2, -0.15) is 8.78 Å². The first-order chi connectivity index (χ1) is 5.17. The van der Waals surface area contributed by atoms with Crippen molar-refractivity contribution >= 4 is 0 Å². The van der Waals surface area contributed by atoms with Crippen molar-refractivity contribution in [2.24, 2.45) is 0 Å². The molecular weight excluding hydrogens is 148 g/mol. The molecule has 1 aromatic rings. The molecule has 0 unspecified atom stereocenters. The number of hydrogen-bond acceptors (Lipinski definition) is 0. The van der Waals surface area contributed by atoms with Crippen molar-refractivity contribution in [1.82, 2.24) is 5.73 Å². The number of hydrogen-bond donors (Lipinski definition) is 0. The highest BCUT2D eigenvalue weighted by molar-refractivity contribution is 5.19. The highest BCUT2D eigenvalue weighted by Crippen LogP contribution is 2.25. The number of benzene rings is 1. The summed E-state index contributed by atoms with van der Waals surface area (Å²) in [7, 11) is 0. The topological polar surface area (TPSA) is 23.8 Å². The van der Waals surface area contributed by atoms with E-state index in [0.29, 0.717) is 0 Å². The third-order valence-electron chi connectivity index (χ3n) is 1.42. The van der Waals surface area contributed by atoms with Gasteiger partial charge in [-0.25, -0.2) is 0 Å². The standard InChI is InChI=1S/C8H8F2N/c9-8(10,6-11)7-4-2-1-3-5-7/h1-5,11H,6H2. The molecule has 0 saturated carbocycles. The number of rotatable bonds is 2. The first-order valence-corrected chi connectivity index (χ1v) is 3.25. The van der Waals surface area contributed by atoms with Crippen LogP contribution in [0.25, 0.3) is 0 Å². The molecule has 0 heterocycles. The van der Waals surface area contributed by atoms with E-state index in [9.17, 15) is 8.78 Å². The van der Waals surface area contributed by atoms with Crippen LogP contribution in [-0.2, 0) is 5.92 Å². The average molecular weight is 156 g/mol. The van der Waals surface area contributed by atoms with Crippen LogP contribution in [0.3, 0.4) is 0 Å². The molecule has 1 rings (SSSR count). The van der Waals surface area contributed by atoms with Crippen molar-refractivity contribution < 1.29 is 8.78 Å². The first kappa shape index (κ1) is 8.14. The van der Waals surface area contributed by atoms with Crippen LogP contribution >= 0.6 is 0 Å². The summed E-state index contributed by atoms with van der Waals surface area (Å²) in [5.74, 6) is -3.00. The lowest BCUT2D eigenvalue weighted by molar-refractivity contribution is 0.00425. The number of nitrogens with one attached hydrogen (secondary N) is 1. The molecule has 0 aliphatic rings. The molecule has 0 spiro atoms. The highest BCUT2D eigenvalue weighted by atomic mass is 19.3. The highest BCUT2D eigenvalue weighted by Gasteiger charge is 2.28. The molecule has 1 aromatic carbocycles. The van der Waals surface area contributed by atoms with Crippen molar-refractivity contribution in [3.63, 3.8) is 0 Å². The van der Waals surface area contributed by atoms with Gasteiger partial charge in [0.25, 0.3) is 5.92 Å². The minimum absolute atomic E-state index is 0.0880. The van der Waals surface area contributed by atoms with E-state index in [0.717, 1.165) is 0 Å².